The zero-order chi connectivity index (χ0) is 18.5. The molecule has 0 saturated carbocycles. The van der Waals surface area contributed by atoms with Gasteiger partial charge in [-0.25, -0.2) is 0 Å². The molecule has 3 nitrogen and oxygen atoms in total. The van der Waals surface area contributed by atoms with Crippen LogP contribution in [0.4, 0.5) is 5.69 Å². The number of thiocarbonyl (C=S) groups is 1. The van der Waals surface area contributed by atoms with E-state index in [0.29, 0.717) is 15.8 Å². The topological polar surface area (TPSA) is 29.5 Å². The summed E-state index contributed by atoms with van der Waals surface area (Å²) in [6.45, 7) is 4.08. The van der Waals surface area contributed by atoms with E-state index in [4.69, 9.17) is 17.0 Å². The van der Waals surface area contributed by atoms with Crippen molar-refractivity contribution in [3.8, 4) is 5.75 Å². The molecule has 1 saturated heterocycles. The van der Waals surface area contributed by atoms with E-state index in [-0.39, 0.29) is 5.91 Å². The first-order valence-corrected chi connectivity index (χ1v) is 10.3. The van der Waals surface area contributed by atoms with Gasteiger partial charge in [0, 0.05) is 4.90 Å². The minimum absolute atomic E-state index is 0.101. The lowest BCUT2D eigenvalue weighted by Gasteiger charge is -2.15. The number of carbonyl (C=O) groups excluding carboxylic acids is 1. The van der Waals surface area contributed by atoms with E-state index in [1.165, 1.54) is 11.8 Å². The highest BCUT2D eigenvalue weighted by Gasteiger charge is 2.33. The molecule has 0 bridgehead atoms. The molecule has 1 heterocycles. The summed E-state index contributed by atoms with van der Waals surface area (Å²) >= 11 is 8.39. The van der Waals surface area contributed by atoms with Crippen LogP contribution in [0.1, 0.15) is 5.56 Å². The molecule has 1 fully saturated rings. The van der Waals surface area contributed by atoms with E-state index >= 15 is 0 Å². The highest BCUT2D eigenvalue weighted by molar-refractivity contribution is 8.27. The van der Waals surface area contributed by atoms with E-state index < -0.39 is 0 Å². The second-order valence-corrected chi connectivity index (χ2v) is 7.95. The molecule has 0 aliphatic carbocycles. The van der Waals surface area contributed by atoms with E-state index in [1.807, 2.05) is 60.9 Å². The molecule has 2 aromatic carbocycles. The predicted octanol–water partition coefficient (Wildman–Crippen LogP) is 5.38. The van der Waals surface area contributed by atoms with Crippen molar-refractivity contribution in [3.63, 3.8) is 0 Å². The van der Waals surface area contributed by atoms with Gasteiger partial charge in [-0.2, -0.15) is 0 Å². The van der Waals surface area contributed by atoms with Crippen molar-refractivity contribution >= 4 is 57.7 Å². The maximum atomic E-state index is 12.9. The SMILES string of the molecule is C=CCOc1cccc(/C=C2/SC(=S)N(c3cccc(SC)c3)C2=O)c1. The van der Waals surface area contributed by atoms with E-state index in [2.05, 4.69) is 6.58 Å². The molecule has 0 radical (unpaired) electrons. The zero-order valence-corrected chi connectivity index (χ0v) is 16.6. The first kappa shape index (κ1) is 18.8. The van der Waals surface area contributed by atoms with Gasteiger partial charge < -0.3 is 4.74 Å². The normalized spacial score (nSPS) is 15.6. The Morgan fingerprint density at radius 1 is 1.27 bits per heavy atom. The van der Waals surface area contributed by atoms with Gasteiger partial charge in [-0.05, 0) is 48.2 Å². The molecular weight excluding hydrogens is 382 g/mol. The number of benzene rings is 2. The van der Waals surface area contributed by atoms with E-state index in [9.17, 15) is 4.79 Å². The maximum absolute atomic E-state index is 12.9. The van der Waals surface area contributed by atoms with Crippen molar-refractivity contribution in [2.24, 2.45) is 0 Å². The fraction of sp³-hybridized carbons (Fsp3) is 0.100. The van der Waals surface area contributed by atoms with Crippen LogP contribution in [0, 0.1) is 0 Å². The molecule has 0 spiro atoms. The Morgan fingerprint density at radius 2 is 2.08 bits per heavy atom. The highest BCUT2D eigenvalue weighted by atomic mass is 32.2. The smallest absolute Gasteiger partial charge is 0.270 e. The summed E-state index contributed by atoms with van der Waals surface area (Å²) in [5.41, 5.74) is 1.69. The van der Waals surface area contributed by atoms with Crippen LogP contribution in [0.2, 0.25) is 0 Å². The molecule has 0 N–H and O–H groups in total. The van der Waals surface area contributed by atoms with Crippen LogP contribution in [0.5, 0.6) is 5.75 Å². The minimum atomic E-state index is -0.101. The van der Waals surface area contributed by atoms with Crippen LogP contribution in [-0.2, 0) is 4.79 Å². The Kier molecular flexibility index (Phi) is 6.19. The van der Waals surface area contributed by atoms with Crippen molar-refractivity contribution < 1.29 is 9.53 Å². The third-order valence-electron chi connectivity index (χ3n) is 3.63. The largest absolute Gasteiger partial charge is 0.490 e. The molecule has 1 aliphatic rings. The van der Waals surface area contributed by atoms with Gasteiger partial charge in [-0.1, -0.05) is 54.8 Å². The van der Waals surface area contributed by atoms with Gasteiger partial charge in [-0.3, -0.25) is 9.69 Å². The van der Waals surface area contributed by atoms with Crippen molar-refractivity contribution in [2.75, 3.05) is 17.8 Å². The number of nitrogens with zero attached hydrogens (tertiary/aromatic N) is 1. The Balaban J connectivity index is 1.86. The first-order valence-electron chi connectivity index (χ1n) is 7.88. The number of ether oxygens (including phenoxy) is 1. The van der Waals surface area contributed by atoms with Gasteiger partial charge in [0.1, 0.15) is 12.4 Å². The summed E-state index contributed by atoms with van der Waals surface area (Å²) in [5, 5.41) is 0. The van der Waals surface area contributed by atoms with Crippen LogP contribution in [0.25, 0.3) is 6.08 Å². The predicted molar refractivity (Wildman–Crippen MR) is 116 cm³/mol. The third-order valence-corrected chi connectivity index (χ3v) is 5.66. The molecule has 0 aromatic heterocycles. The quantitative estimate of drug-likeness (QED) is 0.282. The lowest BCUT2D eigenvalue weighted by molar-refractivity contribution is -0.113. The summed E-state index contributed by atoms with van der Waals surface area (Å²) < 4.78 is 6.09. The number of thioether (sulfide) groups is 2. The van der Waals surface area contributed by atoms with E-state index in [1.54, 1.807) is 22.7 Å². The van der Waals surface area contributed by atoms with Gasteiger partial charge in [0.2, 0.25) is 0 Å². The van der Waals surface area contributed by atoms with Crippen molar-refractivity contribution in [2.45, 2.75) is 4.90 Å². The Morgan fingerprint density at radius 3 is 2.85 bits per heavy atom. The molecule has 0 unspecified atom stereocenters. The number of amides is 1. The second-order valence-electron chi connectivity index (χ2n) is 5.39. The van der Waals surface area contributed by atoms with Gasteiger partial charge >= 0.3 is 0 Å². The molecular formula is C20H17NO2S3. The number of anilines is 1. The maximum Gasteiger partial charge on any atom is 0.270 e. The fourth-order valence-corrected chi connectivity index (χ4v) is 4.19. The Labute approximate surface area is 167 Å². The van der Waals surface area contributed by atoms with Crippen molar-refractivity contribution in [1.82, 2.24) is 0 Å². The molecule has 1 aliphatic heterocycles. The third kappa shape index (κ3) is 4.20. The summed E-state index contributed by atoms with van der Waals surface area (Å²) in [5.74, 6) is 0.637. The number of hydrogen-bond acceptors (Lipinski definition) is 5. The summed E-state index contributed by atoms with van der Waals surface area (Å²) in [4.78, 5) is 16.2. The summed E-state index contributed by atoms with van der Waals surface area (Å²) in [6, 6.07) is 15.4. The van der Waals surface area contributed by atoms with Crippen molar-refractivity contribution in [3.05, 3.63) is 71.7 Å². The lowest BCUT2D eigenvalue weighted by Crippen LogP contribution is -2.27. The first-order chi connectivity index (χ1) is 12.6. The number of hydrogen-bond donors (Lipinski definition) is 0. The fourth-order valence-electron chi connectivity index (χ4n) is 2.44. The summed E-state index contributed by atoms with van der Waals surface area (Å²) in [7, 11) is 0. The standard InChI is InChI=1S/C20H17NO2S3/c1-3-10-23-16-8-4-6-14(11-16)12-18-19(22)21(20(24)26-18)15-7-5-9-17(13-15)25-2/h3-9,11-13H,1,10H2,2H3/b18-12+. The minimum Gasteiger partial charge on any atom is -0.490 e. The van der Waals surface area contributed by atoms with Crippen LogP contribution in [0.3, 0.4) is 0 Å². The monoisotopic (exact) mass is 399 g/mol. The number of carbonyl (C=O) groups is 1. The summed E-state index contributed by atoms with van der Waals surface area (Å²) in [6.07, 6.45) is 5.55. The average molecular weight is 400 g/mol. The molecule has 132 valence electrons. The molecule has 3 rings (SSSR count). The second kappa shape index (κ2) is 8.58. The highest BCUT2D eigenvalue weighted by Crippen LogP contribution is 2.37. The van der Waals surface area contributed by atoms with Crippen LogP contribution in [0.15, 0.2) is 71.0 Å². The van der Waals surface area contributed by atoms with Crippen LogP contribution < -0.4 is 9.64 Å². The van der Waals surface area contributed by atoms with Gasteiger partial charge in [0.05, 0.1) is 10.6 Å². The molecule has 6 heteroatoms. The van der Waals surface area contributed by atoms with Gasteiger partial charge in [0.25, 0.3) is 5.91 Å². The van der Waals surface area contributed by atoms with Crippen molar-refractivity contribution in [1.29, 1.82) is 0 Å². The van der Waals surface area contributed by atoms with Crippen LogP contribution >= 0.6 is 35.7 Å². The van der Waals surface area contributed by atoms with Crippen LogP contribution in [-0.4, -0.2) is 23.1 Å². The lowest BCUT2D eigenvalue weighted by atomic mass is 10.2. The number of rotatable bonds is 6. The molecule has 1 amide bonds. The van der Waals surface area contributed by atoms with Gasteiger partial charge in [-0.15, -0.1) is 11.8 Å². The Hall–Kier alpha value is -2.02. The molecule has 26 heavy (non-hydrogen) atoms. The van der Waals surface area contributed by atoms with Gasteiger partial charge in [0.15, 0.2) is 4.32 Å². The molecule has 2 aromatic rings. The van der Waals surface area contributed by atoms with E-state index in [0.717, 1.165) is 21.9 Å². The zero-order valence-electron chi connectivity index (χ0n) is 14.2. The molecule has 0 atom stereocenters. The average Bonchev–Trinajstić information content (AvgIpc) is 2.93. The Bertz CT molecular complexity index is 892.